The molecule has 0 heterocycles. The number of methoxy groups -OCH3 is 1. The predicted octanol–water partition coefficient (Wildman–Crippen LogP) is 4.12. The molecular formula is C18H31NO2. The highest BCUT2D eigenvalue weighted by molar-refractivity contribution is 5.31. The van der Waals surface area contributed by atoms with E-state index in [-0.39, 0.29) is 0 Å². The molecule has 2 atom stereocenters. The van der Waals surface area contributed by atoms with Gasteiger partial charge in [0, 0.05) is 6.04 Å². The predicted molar refractivity (Wildman–Crippen MR) is 89.2 cm³/mol. The molecule has 1 N–H and O–H groups in total. The van der Waals surface area contributed by atoms with E-state index < -0.39 is 0 Å². The summed E-state index contributed by atoms with van der Waals surface area (Å²) in [6, 6.07) is 8.31. The Labute approximate surface area is 130 Å². The van der Waals surface area contributed by atoms with Crippen molar-refractivity contribution in [1.82, 2.24) is 5.32 Å². The first kappa shape index (κ1) is 17.8. The van der Waals surface area contributed by atoms with Gasteiger partial charge in [0.1, 0.15) is 11.5 Å². The van der Waals surface area contributed by atoms with Crippen molar-refractivity contribution in [2.45, 2.75) is 46.6 Å². The highest BCUT2D eigenvalue weighted by Crippen LogP contribution is 2.21. The summed E-state index contributed by atoms with van der Waals surface area (Å²) >= 11 is 0. The Hall–Kier alpha value is -1.22. The first-order chi connectivity index (χ1) is 10.1. The van der Waals surface area contributed by atoms with Crippen molar-refractivity contribution in [3.63, 3.8) is 0 Å². The minimum absolute atomic E-state index is 0.532. The third-order valence-electron chi connectivity index (χ3n) is 3.99. The van der Waals surface area contributed by atoms with Crippen molar-refractivity contribution < 1.29 is 9.47 Å². The first-order valence-electron chi connectivity index (χ1n) is 8.08. The molecule has 0 saturated carbocycles. The lowest BCUT2D eigenvalue weighted by molar-refractivity contribution is 0.213. The van der Waals surface area contributed by atoms with Gasteiger partial charge in [0.2, 0.25) is 0 Å². The highest BCUT2D eigenvalue weighted by Gasteiger charge is 2.20. The van der Waals surface area contributed by atoms with Crippen LogP contribution in [0.4, 0.5) is 0 Å². The van der Waals surface area contributed by atoms with Gasteiger partial charge in [-0.15, -0.1) is 0 Å². The molecule has 21 heavy (non-hydrogen) atoms. The normalized spacial score (nSPS) is 14.0. The second-order valence-corrected chi connectivity index (χ2v) is 5.96. The molecular weight excluding hydrogens is 262 g/mol. The molecule has 0 aromatic heterocycles. The Morgan fingerprint density at radius 2 is 1.67 bits per heavy atom. The van der Waals surface area contributed by atoms with Crippen LogP contribution in [0.5, 0.6) is 11.5 Å². The van der Waals surface area contributed by atoms with Gasteiger partial charge in [-0.2, -0.15) is 0 Å². The molecule has 0 fully saturated rings. The standard InChI is InChI=1S/C18H31NO2/c1-6-12-19-15(4)18(14(2)3)11-13-21-17-9-7-16(20-5)8-10-17/h7-10,14-15,18-19H,6,11-13H2,1-5H3. The fourth-order valence-electron chi connectivity index (χ4n) is 2.67. The van der Waals surface area contributed by atoms with Crippen molar-refractivity contribution in [3.05, 3.63) is 24.3 Å². The van der Waals surface area contributed by atoms with E-state index in [1.807, 2.05) is 24.3 Å². The van der Waals surface area contributed by atoms with Gasteiger partial charge < -0.3 is 14.8 Å². The number of ether oxygens (including phenoxy) is 2. The molecule has 1 rings (SSSR count). The molecule has 0 radical (unpaired) electrons. The summed E-state index contributed by atoms with van der Waals surface area (Å²) in [5, 5.41) is 3.61. The number of nitrogens with one attached hydrogen (secondary N) is 1. The molecule has 0 amide bonds. The summed E-state index contributed by atoms with van der Waals surface area (Å²) in [6.07, 6.45) is 2.25. The van der Waals surface area contributed by atoms with Crippen molar-refractivity contribution in [3.8, 4) is 11.5 Å². The maximum absolute atomic E-state index is 5.86. The van der Waals surface area contributed by atoms with Crippen LogP contribution in [0.2, 0.25) is 0 Å². The number of benzene rings is 1. The van der Waals surface area contributed by atoms with E-state index in [0.29, 0.717) is 17.9 Å². The third kappa shape index (κ3) is 6.38. The van der Waals surface area contributed by atoms with E-state index in [1.165, 1.54) is 6.42 Å². The Kier molecular flexibility index (Phi) is 8.21. The van der Waals surface area contributed by atoms with Crippen LogP contribution in [0.1, 0.15) is 40.5 Å². The molecule has 1 aromatic carbocycles. The van der Waals surface area contributed by atoms with Gasteiger partial charge in [-0.05, 0) is 62.4 Å². The number of hydrogen-bond donors (Lipinski definition) is 1. The van der Waals surface area contributed by atoms with E-state index in [9.17, 15) is 0 Å². The summed E-state index contributed by atoms with van der Waals surface area (Å²) in [4.78, 5) is 0. The topological polar surface area (TPSA) is 30.5 Å². The Balaban J connectivity index is 2.41. The van der Waals surface area contributed by atoms with E-state index in [0.717, 1.165) is 31.1 Å². The molecule has 0 aliphatic carbocycles. The van der Waals surface area contributed by atoms with E-state index in [4.69, 9.17) is 9.47 Å². The van der Waals surface area contributed by atoms with Crippen LogP contribution in [0.15, 0.2) is 24.3 Å². The average molecular weight is 293 g/mol. The molecule has 3 nitrogen and oxygen atoms in total. The SMILES string of the molecule is CCCNC(C)C(CCOc1ccc(OC)cc1)C(C)C. The molecule has 1 aromatic rings. The van der Waals surface area contributed by atoms with Crippen molar-refractivity contribution >= 4 is 0 Å². The highest BCUT2D eigenvalue weighted by atomic mass is 16.5. The monoisotopic (exact) mass is 293 g/mol. The summed E-state index contributed by atoms with van der Waals surface area (Å²) in [7, 11) is 1.67. The fraction of sp³-hybridized carbons (Fsp3) is 0.667. The van der Waals surface area contributed by atoms with Crippen molar-refractivity contribution in [2.75, 3.05) is 20.3 Å². The minimum Gasteiger partial charge on any atom is -0.497 e. The Morgan fingerprint density at radius 3 is 2.19 bits per heavy atom. The zero-order valence-corrected chi connectivity index (χ0v) is 14.2. The van der Waals surface area contributed by atoms with Gasteiger partial charge in [-0.3, -0.25) is 0 Å². The van der Waals surface area contributed by atoms with E-state index in [2.05, 4.69) is 33.0 Å². The van der Waals surface area contributed by atoms with Crippen molar-refractivity contribution in [2.24, 2.45) is 11.8 Å². The molecule has 0 aliphatic rings. The van der Waals surface area contributed by atoms with E-state index in [1.54, 1.807) is 7.11 Å². The largest absolute Gasteiger partial charge is 0.497 e. The minimum atomic E-state index is 0.532. The number of rotatable bonds is 10. The molecule has 2 unspecified atom stereocenters. The lowest BCUT2D eigenvalue weighted by Gasteiger charge is -2.28. The van der Waals surface area contributed by atoms with Gasteiger partial charge in [-0.1, -0.05) is 20.8 Å². The quantitative estimate of drug-likeness (QED) is 0.704. The van der Waals surface area contributed by atoms with Gasteiger partial charge in [0.05, 0.1) is 13.7 Å². The molecule has 120 valence electrons. The molecule has 0 saturated heterocycles. The summed E-state index contributed by atoms with van der Waals surface area (Å²) in [5.74, 6) is 3.06. The lowest BCUT2D eigenvalue weighted by Crippen LogP contribution is -2.37. The van der Waals surface area contributed by atoms with Crippen LogP contribution < -0.4 is 14.8 Å². The van der Waals surface area contributed by atoms with Crippen molar-refractivity contribution in [1.29, 1.82) is 0 Å². The van der Waals surface area contributed by atoms with Gasteiger partial charge in [0.25, 0.3) is 0 Å². The maximum atomic E-state index is 5.86. The summed E-state index contributed by atoms with van der Waals surface area (Å²) in [6.45, 7) is 10.9. The smallest absolute Gasteiger partial charge is 0.119 e. The zero-order chi connectivity index (χ0) is 15.7. The fourth-order valence-corrected chi connectivity index (χ4v) is 2.67. The molecule has 0 spiro atoms. The second-order valence-electron chi connectivity index (χ2n) is 5.96. The molecule has 3 heteroatoms. The van der Waals surface area contributed by atoms with Crippen LogP contribution in [0.25, 0.3) is 0 Å². The van der Waals surface area contributed by atoms with Crippen LogP contribution in [0.3, 0.4) is 0 Å². The van der Waals surface area contributed by atoms with Crippen LogP contribution in [-0.4, -0.2) is 26.3 Å². The van der Waals surface area contributed by atoms with Gasteiger partial charge in [0.15, 0.2) is 0 Å². The van der Waals surface area contributed by atoms with Gasteiger partial charge in [-0.25, -0.2) is 0 Å². The average Bonchev–Trinajstić information content (AvgIpc) is 2.49. The molecule has 0 bridgehead atoms. The third-order valence-corrected chi connectivity index (χ3v) is 3.99. The van der Waals surface area contributed by atoms with E-state index >= 15 is 0 Å². The maximum Gasteiger partial charge on any atom is 0.119 e. The van der Waals surface area contributed by atoms with Crippen LogP contribution >= 0.6 is 0 Å². The molecule has 0 aliphatic heterocycles. The summed E-state index contributed by atoms with van der Waals surface area (Å²) in [5.41, 5.74) is 0. The van der Waals surface area contributed by atoms with Crippen LogP contribution in [-0.2, 0) is 0 Å². The van der Waals surface area contributed by atoms with Gasteiger partial charge >= 0.3 is 0 Å². The lowest BCUT2D eigenvalue weighted by atomic mass is 9.86. The Morgan fingerprint density at radius 1 is 1.05 bits per heavy atom. The number of hydrogen-bond acceptors (Lipinski definition) is 3. The summed E-state index contributed by atoms with van der Waals surface area (Å²) < 4.78 is 11.0. The van der Waals surface area contributed by atoms with Crippen LogP contribution in [0, 0.1) is 11.8 Å². The Bertz CT molecular complexity index is 375. The zero-order valence-electron chi connectivity index (χ0n) is 14.2. The second kappa shape index (κ2) is 9.67. The first-order valence-corrected chi connectivity index (χ1v) is 8.08.